The summed E-state index contributed by atoms with van der Waals surface area (Å²) >= 11 is 1.33. The Balaban J connectivity index is 2.09. The third-order valence-corrected chi connectivity index (χ3v) is 7.18. The van der Waals surface area contributed by atoms with Crippen LogP contribution >= 0.6 is 11.8 Å². The van der Waals surface area contributed by atoms with E-state index < -0.39 is 9.84 Å². The van der Waals surface area contributed by atoms with Crippen LogP contribution in [0.2, 0.25) is 0 Å². The number of hydrogen-bond acceptors (Lipinski definition) is 6. The second-order valence-corrected chi connectivity index (χ2v) is 8.98. The molecular formula is C15H18N2O5S2. The van der Waals surface area contributed by atoms with Crippen LogP contribution in [-0.2, 0) is 14.6 Å². The van der Waals surface area contributed by atoms with Crippen LogP contribution in [-0.4, -0.2) is 56.5 Å². The number of aliphatic imine (C=N–C) groups is 1. The fourth-order valence-corrected chi connectivity index (χ4v) is 6.92. The van der Waals surface area contributed by atoms with Crippen LogP contribution in [0.25, 0.3) is 0 Å². The number of rotatable bonds is 3. The molecule has 24 heavy (non-hydrogen) atoms. The molecule has 0 aliphatic carbocycles. The Morgan fingerprint density at radius 3 is 2.67 bits per heavy atom. The number of thioether (sulfide) groups is 1. The Morgan fingerprint density at radius 1 is 1.29 bits per heavy atom. The summed E-state index contributed by atoms with van der Waals surface area (Å²) in [5, 5.41) is 0.371. The minimum absolute atomic E-state index is 0.0385. The molecule has 1 aromatic rings. The predicted molar refractivity (Wildman–Crippen MR) is 94.0 cm³/mol. The van der Waals surface area contributed by atoms with E-state index in [-0.39, 0.29) is 28.7 Å². The molecule has 0 radical (unpaired) electrons. The summed E-state index contributed by atoms with van der Waals surface area (Å²) in [5.41, 5.74) is 0.676. The first-order valence-electron chi connectivity index (χ1n) is 7.32. The molecule has 1 aromatic carbocycles. The number of anilines is 1. The van der Waals surface area contributed by atoms with Gasteiger partial charge < -0.3 is 14.4 Å². The number of fused-ring (bicyclic) bond motifs is 1. The van der Waals surface area contributed by atoms with Gasteiger partial charge in [0.15, 0.2) is 15.0 Å². The fourth-order valence-electron chi connectivity index (χ4n) is 2.96. The lowest BCUT2D eigenvalue weighted by Crippen LogP contribution is -2.37. The second-order valence-electron chi connectivity index (χ2n) is 5.62. The molecule has 2 aliphatic heterocycles. The Kier molecular flexibility index (Phi) is 4.48. The summed E-state index contributed by atoms with van der Waals surface area (Å²) in [6.45, 7) is 1.38. The molecule has 0 saturated carbocycles. The molecule has 2 saturated heterocycles. The zero-order valence-electron chi connectivity index (χ0n) is 13.6. The van der Waals surface area contributed by atoms with Crippen LogP contribution in [0.3, 0.4) is 0 Å². The summed E-state index contributed by atoms with van der Waals surface area (Å²) in [6.07, 6.45) is 0. The van der Waals surface area contributed by atoms with Gasteiger partial charge in [-0.25, -0.2) is 8.42 Å². The average molecular weight is 370 g/mol. The second kappa shape index (κ2) is 6.29. The van der Waals surface area contributed by atoms with Crippen molar-refractivity contribution in [1.82, 2.24) is 0 Å². The topological polar surface area (TPSA) is 85.3 Å². The number of sulfone groups is 1. The maximum absolute atomic E-state index is 12.0. The molecule has 0 bridgehead atoms. The first-order valence-corrected chi connectivity index (χ1v) is 10.0. The number of nitrogens with zero attached hydrogens (tertiary/aromatic N) is 2. The van der Waals surface area contributed by atoms with E-state index in [4.69, 9.17) is 9.47 Å². The van der Waals surface area contributed by atoms with Crippen LogP contribution < -0.4 is 14.4 Å². The molecule has 9 heteroatoms. The van der Waals surface area contributed by atoms with E-state index in [2.05, 4.69) is 4.99 Å². The van der Waals surface area contributed by atoms with Gasteiger partial charge in [-0.3, -0.25) is 4.79 Å². The minimum Gasteiger partial charge on any atom is -0.497 e. The van der Waals surface area contributed by atoms with Crippen molar-refractivity contribution in [3.63, 3.8) is 0 Å². The van der Waals surface area contributed by atoms with Crippen LogP contribution in [0.15, 0.2) is 23.2 Å². The number of hydrogen-bond donors (Lipinski definition) is 0. The molecule has 2 fully saturated rings. The number of ether oxygens (including phenoxy) is 2. The molecule has 0 spiro atoms. The maximum atomic E-state index is 12.0. The van der Waals surface area contributed by atoms with Crippen LogP contribution in [0.4, 0.5) is 5.69 Å². The minimum atomic E-state index is -3.10. The molecule has 1 amide bonds. The van der Waals surface area contributed by atoms with Gasteiger partial charge in [0.2, 0.25) is 5.91 Å². The summed E-state index contributed by atoms with van der Waals surface area (Å²) in [5.74, 6) is 0.974. The van der Waals surface area contributed by atoms with Crippen LogP contribution in [0.5, 0.6) is 11.5 Å². The number of carbonyl (C=O) groups is 1. The Hall–Kier alpha value is -1.74. The summed E-state index contributed by atoms with van der Waals surface area (Å²) in [7, 11) is -0.00687. The molecule has 3 rings (SSSR count). The van der Waals surface area contributed by atoms with Gasteiger partial charge in [0.05, 0.1) is 37.5 Å². The lowest BCUT2D eigenvalue weighted by atomic mass is 10.2. The maximum Gasteiger partial charge on any atom is 0.244 e. The number of amides is 1. The average Bonchev–Trinajstić information content (AvgIpc) is 2.97. The highest BCUT2D eigenvalue weighted by Gasteiger charge is 2.49. The molecular weight excluding hydrogens is 352 g/mol. The molecule has 7 nitrogen and oxygen atoms in total. The molecule has 130 valence electrons. The Bertz CT molecular complexity index is 806. The van der Waals surface area contributed by atoms with Crippen molar-refractivity contribution in [2.24, 2.45) is 4.99 Å². The van der Waals surface area contributed by atoms with E-state index in [1.165, 1.54) is 25.8 Å². The number of benzene rings is 1. The van der Waals surface area contributed by atoms with Crippen molar-refractivity contribution in [3.05, 3.63) is 18.2 Å². The van der Waals surface area contributed by atoms with Crippen LogP contribution in [0, 0.1) is 0 Å². The zero-order chi connectivity index (χ0) is 17.5. The van der Waals surface area contributed by atoms with Gasteiger partial charge in [-0.1, -0.05) is 11.8 Å². The standard InChI is InChI=1S/C15H18N2O5S2/c1-9(18)16-15-17(12-7-24(19,20)8-14(12)23-15)11-5-4-10(21-2)6-13(11)22-3/h4-6,12,14H,7-8H2,1-3H3/t12-,14-/m1/s1. The monoisotopic (exact) mass is 370 g/mol. The van der Waals surface area contributed by atoms with Gasteiger partial charge in [0.25, 0.3) is 0 Å². The highest BCUT2D eigenvalue weighted by Crippen LogP contribution is 2.44. The lowest BCUT2D eigenvalue weighted by Gasteiger charge is -2.26. The SMILES string of the molecule is COc1ccc(N2C(=NC(C)=O)S[C@@H]3CS(=O)(=O)C[C@H]32)c(OC)c1. The summed E-state index contributed by atoms with van der Waals surface area (Å²) in [4.78, 5) is 17.4. The fraction of sp³-hybridized carbons (Fsp3) is 0.467. The van der Waals surface area contributed by atoms with E-state index in [9.17, 15) is 13.2 Å². The summed E-state index contributed by atoms with van der Waals surface area (Å²) in [6, 6.07) is 5.02. The smallest absolute Gasteiger partial charge is 0.244 e. The van der Waals surface area contributed by atoms with Crippen molar-refractivity contribution in [3.8, 4) is 11.5 Å². The van der Waals surface area contributed by atoms with E-state index in [1.54, 1.807) is 30.2 Å². The molecule has 0 unspecified atom stereocenters. The van der Waals surface area contributed by atoms with Crippen molar-refractivity contribution in [2.45, 2.75) is 18.2 Å². The van der Waals surface area contributed by atoms with Gasteiger partial charge in [0.1, 0.15) is 11.5 Å². The highest BCUT2D eigenvalue weighted by molar-refractivity contribution is 8.16. The van der Waals surface area contributed by atoms with Gasteiger partial charge >= 0.3 is 0 Å². The van der Waals surface area contributed by atoms with Gasteiger partial charge in [-0.2, -0.15) is 4.99 Å². The van der Waals surface area contributed by atoms with E-state index >= 15 is 0 Å². The predicted octanol–water partition coefficient (Wildman–Crippen LogP) is 1.33. The van der Waals surface area contributed by atoms with Gasteiger partial charge in [-0.05, 0) is 12.1 Å². The lowest BCUT2D eigenvalue weighted by molar-refractivity contribution is -0.115. The Morgan fingerprint density at radius 2 is 2.04 bits per heavy atom. The first kappa shape index (κ1) is 17.1. The molecule has 2 heterocycles. The molecule has 2 aliphatic rings. The summed E-state index contributed by atoms with van der Waals surface area (Å²) < 4.78 is 34.6. The third-order valence-electron chi connectivity index (χ3n) is 3.97. The van der Waals surface area contributed by atoms with E-state index in [0.717, 1.165) is 0 Å². The normalized spacial score (nSPS) is 26.5. The zero-order valence-corrected chi connectivity index (χ0v) is 15.2. The van der Waals surface area contributed by atoms with E-state index in [1.807, 2.05) is 0 Å². The van der Waals surface area contributed by atoms with Crippen molar-refractivity contribution >= 4 is 38.4 Å². The quantitative estimate of drug-likeness (QED) is 0.793. The largest absolute Gasteiger partial charge is 0.497 e. The third kappa shape index (κ3) is 3.10. The molecule has 0 N–H and O–H groups in total. The first-order chi connectivity index (χ1) is 11.3. The number of carbonyl (C=O) groups excluding carboxylic acids is 1. The molecule has 2 atom stereocenters. The van der Waals surface area contributed by atoms with Gasteiger partial charge in [-0.15, -0.1) is 0 Å². The van der Waals surface area contributed by atoms with Crippen molar-refractivity contribution < 1.29 is 22.7 Å². The number of methoxy groups -OCH3 is 2. The number of amidine groups is 1. The van der Waals surface area contributed by atoms with Crippen LogP contribution in [0.1, 0.15) is 6.92 Å². The van der Waals surface area contributed by atoms with E-state index in [0.29, 0.717) is 22.4 Å². The highest BCUT2D eigenvalue weighted by atomic mass is 32.2. The van der Waals surface area contributed by atoms with Crippen molar-refractivity contribution in [1.29, 1.82) is 0 Å². The van der Waals surface area contributed by atoms with Gasteiger partial charge in [0, 0.05) is 18.2 Å². The van der Waals surface area contributed by atoms with Crippen molar-refractivity contribution in [2.75, 3.05) is 30.6 Å². The Labute approximate surface area is 144 Å². The molecule has 0 aromatic heterocycles.